The number of carbonyl (C=O) groups is 3. The van der Waals surface area contributed by atoms with Crippen molar-refractivity contribution < 1.29 is 14.4 Å². The molecule has 0 radical (unpaired) electrons. The number of nitrogens with zero attached hydrogens (tertiary/aromatic N) is 2. The van der Waals surface area contributed by atoms with E-state index < -0.39 is 17.4 Å². The van der Waals surface area contributed by atoms with Crippen LogP contribution >= 0.6 is 0 Å². The summed E-state index contributed by atoms with van der Waals surface area (Å²) in [6.45, 7) is 1.43. The quantitative estimate of drug-likeness (QED) is 0.766. The van der Waals surface area contributed by atoms with Crippen LogP contribution in [0.5, 0.6) is 0 Å². The van der Waals surface area contributed by atoms with E-state index in [0.29, 0.717) is 24.3 Å². The predicted octanol–water partition coefficient (Wildman–Crippen LogP) is 0.539. The number of imide groups is 1. The zero-order chi connectivity index (χ0) is 18.4. The van der Waals surface area contributed by atoms with Crippen LogP contribution in [-0.2, 0) is 0 Å². The number of amides is 3. The lowest BCUT2D eigenvalue weighted by Crippen LogP contribution is -2.28. The maximum atomic E-state index is 12.6. The standard InChI is InChI=1S/C18H16N4O4/c19-15-14-12(16(24)20-17(14)25)9-13(23)22(15)11-5-3-4-10(8-11)18(26)21-6-1-2-7-21/h3-5,8-9H,1-2,6-7,19H2,(H,20,24,25). The lowest BCUT2D eigenvalue weighted by atomic mass is 10.1. The first-order valence-electron chi connectivity index (χ1n) is 8.28. The molecule has 3 N–H and O–H groups in total. The third-order valence-electron chi connectivity index (χ3n) is 4.70. The van der Waals surface area contributed by atoms with E-state index in [1.807, 2.05) is 0 Å². The zero-order valence-electron chi connectivity index (χ0n) is 13.8. The summed E-state index contributed by atoms with van der Waals surface area (Å²) in [6.07, 6.45) is 1.96. The summed E-state index contributed by atoms with van der Waals surface area (Å²) < 4.78 is 1.14. The highest BCUT2D eigenvalue weighted by Crippen LogP contribution is 2.23. The minimum absolute atomic E-state index is 0.0223. The van der Waals surface area contributed by atoms with Crippen LogP contribution in [0.3, 0.4) is 0 Å². The predicted molar refractivity (Wildman–Crippen MR) is 93.4 cm³/mol. The molecule has 1 aromatic heterocycles. The Bertz CT molecular complexity index is 1020. The molecule has 1 saturated heterocycles. The lowest BCUT2D eigenvalue weighted by molar-refractivity contribution is 0.0791. The second kappa shape index (κ2) is 5.83. The van der Waals surface area contributed by atoms with Gasteiger partial charge < -0.3 is 10.6 Å². The van der Waals surface area contributed by atoms with Gasteiger partial charge in [-0.15, -0.1) is 0 Å². The average molecular weight is 352 g/mol. The maximum Gasteiger partial charge on any atom is 0.262 e. The Balaban J connectivity index is 1.82. The van der Waals surface area contributed by atoms with Crippen LogP contribution in [-0.4, -0.2) is 40.3 Å². The summed E-state index contributed by atoms with van der Waals surface area (Å²) in [5.74, 6) is -1.51. The molecule has 1 fully saturated rings. The molecule has 8 nitrogen and oxygen atoms in total. The van der Waals surface area contributed by atoms with Crippen LogP contribution in [0.1, 0.15) is 43.9 Å². The molecule has 3 heterocycles. The molecule has 1 aromatic carbocycles. The number of nitrogens with one attached hydrogen (secondary N) is 1. The van der Waals surface area contributed by atoms with Gasteiger partial charge in [0.1, 0.15) is 5.82 Å². The first-order valence-corrected chi connectivity index (χ1v) is 8.28. The monoisotopic (exact) mass is 352 g/mol. The molecule has 8 heteroatoms. The molecule has 26 heavy (non-hydrogen) atoms. The second-order valence-electron chi connectivity index (χ2n) is 6.32. The number of nitrogens with two attached hydrogens (primary N) is 1. The molecule has 0 aliphatic carbocycles. The molecule has 3 amide bonds. The Morgan fingerprint density at radius 3 is 2.50 bits per heavy atom. The van der Waals surface area contributed by atoms with E-state index in [4.69, 9.17) is 5.73 Å². The van der Waals surface area contributed by atoms with Crippen LogP contribution in [0.15, 0.2) is 35.1 Å². The molecule has 0 saturated carbocycles. The normalized spacial score (nSPS) is 15.9. The average Bonchev–Trinajstić information content (AvgIpc) is 3.23. The number of pyridine rings is 1. The molecule has 2 aromatic rings. The van der Waals surface area contributed by atoms with E-state index >= 15 is 0 Å². The highest BCUT2D eigenvalue weighted by Gasteiger charge is 2.32. The number of anilines is 1. The summed E-state index contributed by atoms with van der Waals surface area (Å²) in [5.41, 5.74) is 6.24. The Kier molecular flexibility index (Phi) is 3.61. The smallest absolute Gasteiger partial charge is 0.262 e. The number of rotatable bonds is 2. The molecule has 0 atom stereocenters. The van der Waals surface area contributed by atoms with Crippen molar-refractivity contribution in [3.8, 4) is 5.69 Å². The number of hydrogen-bond donors (Lipinski definition) is 2. The molecule has 132 valence electrons. The van der Waals surface area contributed by atoms with Crippen LogP contribution in [0, 0.1) is 0 Å². The van der Waals surface area contributed by atoms with Crippen molar-refractivity contribution >= 4 is 23.5 Å². The van der Waals surface area contributed by atoms with Crippen molar-refractivity contribution in [2.45, 2.75) is 12.8 Å². The van der Waals surface area contributed by atoms with Crippen molar-refractivity contribution in [2.24, 2.45) is 0 Å². The lowest BCUT2D eigenvalue weighted by Gasteiger charge is -2.17. The van der Waals surface area contributed by atoms with Crippen LogP contribution in [0.2, 0.25) is 0 Å². The SMILES string of the molecule is Nc1c2c(cc(=O)n1-c1cccc(C(=O)N3CCCC3)c1)C(=O)NC2=O. The van der Waals surface area contributed by atoms with Crippen molar-refractivity contribution in [2.75, 3.05) is 18.8 Å². The number of hydrogen-bond acceptors (Lipinski definition) is 5. The summed E-state index contributed by atoms with van der Waals surface area (Å²) in [4.78, 5) is 50.5. The third-order valence-corrected chi connectivity index (χ3v) is 4.70. The zero-order valence-corrected chi connectivity index (χ0v) is 13.8. The molecule has 0 spiro atoms. The van der Waals surface area contributed by atoms with Gasteiger partial charge >= 0.3 is 0 Å². The minimum Gasteiger partial charge on any atom is -0.384 e. The highest BCUT2D eigenvalue weighted by atomic mass is 16.2. The van der Waals surface area contributed by atoms with Gasteiger partial charge in [0, 0.05) is 24.7 Å². The molecular weight excluding hydrogens is 336 g/mol. The van der Waals surface area contributed by atoms with Crippen molar-refractivity contribution in [3.05, 3.63) is 57.4 Å². The molecular formula is C18H16N4O4. The fourth-order valence-corrected chi connectivity index (χ4v) is 3.43. The molecule has 0 unspecified atom stereocenters. The Morgan fingerprint density at radius 1 is 1.04 bits per heavy atom. The van der Waals surface area contributed by atoms with Crippen LogP contribution in [0.4, 0.5) is 5.82 Å². The van der Waals surface area contributed by atoms with E-state index in [0.717, 1.165) is 23.5 Å². The van der Waals surface area contributed by atoms with Gasteiger partial charge in [0.15, 0.2) is 0 Å². The van der Waals surface area contributed by atoms with E-state index in [1.54, 1.807) is 29.2 Å². The van der Waals surface area contributed by atoms with E-state index in [-0.39, 0.29) is 22.9 Å². The fraction of sp³-hybridized carbons (Fsp3) is 0.222. The van der Waals surface area contributed by atoms with Gasteiger partial charge in [0.05, 0.1) is 16.8 Å². The van der Waals surface area contributed by atoms with E-state index in [2.05, 4.69) is 5.32 Å². The van der Waals surface area contributed by atoms with E-state index in [9.17, 15) is 19.2 Å². The number of likely N-dealkylation sites (tertiary alicyclic amines) is 1. The Morgan fingerprint density at radius 2 is 1.77 bits per heavy atom. The van der Waals surface area contributed by atoms with E-state index in [1.165, 1.54) is 0 Å². The van der Waals surface area contributed by atoms with Crippen LogP contribution < -0.4 is 16.6 Å². The third kappa shape index (κ3) is 2.38. The molecule has 2 aliphatic heterocycles. The van der Waals surface area contributed by atoms with Gasteiger partial charge in [-0.3, -0.25) is 29.1 Å². The number of carbonyl (C=O) groups excluding carboxylic acids is 3. The van der Waals surface area contributed by atoms with Gasteiger partial charge in [0.25, 0.3) is 23.3 Å². The van der Waals surface area contributed by atoms with Crippen molar-refractivity contribution in [1.82, 2.24) is 14.8 Å². The fourth-order valence-electron chi connectivity index (χ4n) is 3.43. The van der Waals surface area contributed by atoms with Gasteiger partial charge in [-0.2, -0.15) is 0 Å². The number of benzene rings is 1. The van der Waals surface area contributed by atoms with Crippen LogP contribution in [0.25, 0.3) is 5.69 Å². The summed E-state index contributed by atoms with van der Waals surface area (Å²) in [6, 6.07) is 7.61. The van der Waals surface area contributed by atoms with Gasteiger partial charge in [-0.05, 0) is 31.0 Å². The molecule has 2 aliphatic rings. The topological polar surface area (TPSA) is 114 Å². The summed E-state index contributed by atoms with van der Waals surface area (Å²) >= 11 is 0. The Hall–Kier alpha value is -3.42. The van der Waals surface area contributed by atoms with Gasteiger partial charge in [-0.25, -0.2) is 0 Å². The first kappa shape index (κ1) is 16.1. The van der Waals surface area contributed by atoms with Gasteiger partial charge in [-0.1, -0.05) is 6.07 Å². The number of nitrogen functional groups attached to an aromatic ring is 1. The maximum absolute atomic E-state index is 12.6. The number of fused-ring (bicyclic) bond motifs is 1. The number of aromatic nitrogens is 1. The largest absolute Gasteiger partial charge is 0.384 e. The minimum atomic E-state index is -0.640. The first-order chi connectivity index (χ1) is 12.5. The summed E-state index contributed by atoms with van der Waals surface area (Å²) in [7, 11) is 0. The molecule has 4 rings (SSSR count). The summed E-state index contributed by atoms with van der Waals surface area (Å²) in [5, 5.41) is 2.12. The van der Waals surface area contributed by atoms with Crippen molar-refractivity contribution in [3.63, 3.8) is 0 Å². The van der Waals surface area contributed by atoms with Crippen molar-refractivity contribution in [1.29, 1.82) is 0 Å². The highest BCUT2D eigenvalue weighted by molar-refractivity contribution is 6.23. The second-order valence-corrected chi connectivity index (χ2v) is 6.32. The van der Waals surface area contributed by atoms with Gasteiger partial charge in [0.2, 0.25) is 0 Å². The molecule has 0 bridgehead atoms. The Labute approximate surface area is 148 Å².